The molecule has 0 bridgehead atoms. The van der Waals surface area contributed by atoms with Crippen LogP contribution in [0.5, 0.6) is 11.5 Å². The van der Waals surface area contributed by atoms with Crippen LogP contribution in [-0.2, 0) is 5.41 Å². The van der Waals surface area contributed by atoms with Gasteiger partial charge in [0.1, 0.15) is 11.5 Å². The van der Waals surface area contributed by atoms with Gasteiger partial charge in [-0.15, -0.1) is 0 Å². The standard InChI is InChI=1S/C51H44Cl2N6O6/c1-51(2,33-15-11-31(12-16-33)43-29-56(23-25-58(43)49(60)61)47-54-41-27-35(52)19-21-37(41)39-7-3-5-9-45(39)64-47)34-17-13-32(14-18-34)44-30-57(24-26-59(44)50(62)63)48-55-42-28-36(53)20-22-38(42)40-8-4-6-10-46(40)65-48/h3-22,27-28,43-44H,23-26,29-30H2,1-2H3,(H,60,61)(H,62,63). The average molecular weight is 908 g/mol. The zero-order valence-electron chi connectivity index (χ0n) is 35.6. The molecule has 0 saturated carbocycles. The Kier molecular flexibility index (Phi) is 10.9. The molecule has 4 aliphatic heterocycles. The van der Waals surface area contributed by atoms with E-state index in [0.29, 0.717) is 71.1 Å². The molecule has 0 spiro atoms. The lowest BCUT2D eigenvalue weighted by molar-refractivity contribution is 0.0848. The highest BCUT2D eigenvalue weighted by molar-refractivity contribution is 6.31. The number of benzene rings is 6. The van der Waals surface area contributed by atoms with E-state index >= 15 is 0 Å². The third-order valence-corrected chi connectivity index (χ3v) is 13.4. The Morgan fingerprint density at radius 2 is 0.954 bits per heavy atom. The minimum absolute atomic E-state index is 0.252. The zero-order chi connectivity index (χ0) is 45.0. The normalized spacial score (nSPS) is 18.0. The van der Waals surface area contributed by atoms with Crippen LogP contribution in [0.25, 0.3) is 22.3 Å². The number of amides is 2. The summed E-state index contributed by atoms with van der Waals surface area (Å²) in [7, 11) is 0. The maximum Gasteiger partial charge on any atom is 0.407 e. The van der Waals surface area contributed by atoms with Crippen molar-refractivity contribution >= 4 is 58.8 Å². The summed E-state index contributed by atoms with van der Waals surface area (Å²) < 4.78 is 12.9. The Morgan fingerprint density at radius 1 is 0.554 bits per heavy atom. The fraction of sp³-hybridized carbons (Fsp3) is 0.216. The third-order valence-electron chi connectivity index (χ3n) is 12.9. The number of hydrogen-bond acceptors (Lipinski definition) is 8. The van der Waals surface area contributed by atoms with Crippen molar-refractivity contribution in [1.82, 2.24) is 19.6 Å². The van der Waals surface area contributed by atoms with Gasteiger partial charge in [0.15, 0.2) is 0 Å². The van der Waals surface area contributed by atoms with Crippen LogP contribution in [0.4, 0.5) is 21.0 Å². The molecular weight excluding hydrogens is 864 g/mol. The highest BCUT2D eigenvalue weighted by Gasteiger charge is 2.37. The number of para-hydroxylation sites is 2. The maximum absolute atomic E-state index is 12.6. The quantitative estimate of drug-likeness (QED) is 0.179. The van der Waals surface area contributed by atoms with E-state index in [9.17, 15) is 19.8 Å². The van der Waals surface area contributed by atoms with Crippen molar-refractivity contribution in [2.24, 2.45) is 9.98 Å². The van der Waals surface area contributed by atoms with Crippen LogP contribution in [0, 0.1) is 0 Å². The van der Waals surface area contributed by atoms with Gasteiger partial charge in [-0.05, 0) is 58.7 Å². The van der Waals surface area contributed by atoms with E-state index in [-0.39, 0.29) is 13.1 Å². The number of hydrogen-bond donors (Lipinski definition) is 2. The highest BCUT2D eigenvalue weighted by atomic mass is 35.5. The molecule has 328 valence electrons. The number of amidine groups is 2. The lowest BCUT2D eigenvalue weighted by Gasteiger charge is -2.41. The van der Waals surface area contributed by atoms with Crippen LogP contribution in [0.15, 0.2) is 143 Å². The molecule has 0 radical (unpaired) electrons. The molecule has 6 aromatic carbocycles. The average Bonchev–Trinajstić information content (AvgIpc) is 3.58. The van der Waals surface area contributed by atoms with Gasteiger partial charge >= 0.3 is 12.2 Å². The van der Waals surface area contributed by atoms with Gasteiger partial charge in [0, 0.05) is 77.0 Å². The molecule has 4 heterocycles. The Balaban J connectivity index is 0.887. The molecule has 10 rings (SSSR count). The summed E-state index contributed by atoms with van der Waals surface area (Å²) in [6, 6.07) is 42.7. The van der Waals surface area contributed by atoms with E-state index in [1.54, 1.807) is 0 Å². The SMILES string of the molecule is CC(C)(c1ccc(C2CN(C3=Nc4cc(Cl)ccc4-c4ccccc4O3)CCN2C(=O)O)cc1)c1ccc(C2CN(C3=Nc4cc(Cl)ccc4-c4ccccc4O3)CCN2C(=O)O)cc1. The number of carboxylic acid groups (broad SMARTS) is 2. The monoisotopic (exact) mass is 906 g/mol. The van der Waals surface area contributed by atoms with Crippen LogP contribution in [0.1, 0.15) is 48.2 Å². The molecule has 2 N–H and O–H groups in total. The van der Waals surface area contributed by atoms with Gasteiger partial charge in [0.25, 0.3) is 12.0 Å². The highest BCUT2D eigenvalue weighted by Crippen LogP contribution is 2.43. The first kappa shape index (κ1) is 42.0. The first-order chi connectivity index (χ1) is 31.4. The molecule has 2 atom stereocenters. The summed E-state index contributed by atoms with van der Waals surface area (Å²) in [5.74, 6) is 1.32. The van der Waals surface area contributed by atoms with Crippen LogP contribution < -0.4 is 9.47 Å². The molecule has 2 fully saturated rings. The lowest BCUT2D eigenvalue weighted by Crippen LogP contribution is -2.53. The Morgan fingerprint density at radius 3 is 1.35 bits per heavy atom. The van der Waals surface area contributed by atoms with Crippen molar-refractivity contribution < 1.29 is 29.3 Å². The molecule has 14 heteroatoms. The van der Waals surface area contributed by atoms with Crippen molar-refractivity contribution in [3.8, 4) is 33.8 Å². The number of nitrogens with zero attached hydrogens (tertiary/aromatic N) is 6. The minimum Gasteiger partial charge on any atom is -0.465 e. The van der Waals surface area contributed by atoms with Crippen molar-refractivity contribution in [1.29, 1.82) is 0 Å². The topological polar surface area (TPSA) is 131 Å². The summed E-state index contributed by atoms with van der Waals surface area (Å²) in [6.07, 6.45) is -1.99. The van der Waals surface area contributed by atoms with E-state index in [1.807, 2.05) is 119 Å². The van der Waals surface area contributed by atoms with E-state index in [0.717, 1.165) is 44.5 Å². The molecule has 0 aromatic heterocycles. The molecule has 6 aromatic rings. The Hall–Kier alpha value is -7.02. The number of aliphatic imine (C=N–C) groups is 2. The second-order valence-electron chi connectivity index (χ2n) is 17.1. The molecule has 65 heavy (non-hydrogen) atoms. The summed E-state index contributed by atoms with van der Waals surface area (Å²) in [6.45, 7) is 6.23. The fourth-order valence-corrected chi connectivity index (χ4v) is 9.61. The first-order valence-corrected chi connectivity index (χ1v) is 22.2. The zero-order valence-corrected chi connectivity index (χ0v) is 37.1. The van der Waals surface area contributed by atoms with Crippen molar-refractivity contribution in [2.45, 2.75) is 31.3 Å². The third kappa shape index (κ3) is 7.97. The van der Waals surface area contributed by atoms with Crippen LogP contribution in [0.2, 0.25) is 10.0 Å². The molecule has 2 unspecified atom stereocenters. The maximum atomic E-state index is 12.6. The predicted molar refractivity (Wildman–Crippen MR) is 252 cm³/mol. The van der Waals surface area contributed by atoms with E-state index in [1.165, 1.54) is 9.80 Å². The summed E-state index contributed by atoms with van der Waals surface area (Å²) >= 11 is 12.8. The van der Waals surface area contributed by atoms with Crippen LogP contribution in [-0.4, -0.2) is 93.3 Å². The summed E-state index contributed by atoms with van der Waals surface area (Å²) in [4.78, 5) is 42.1. The number of ether oxygens (including phenoxy) is 2. The molecular formula is C51H44Cl2N6O6. The first-order valence-electron chi connectivity index (χ1n) is 21.4. The molecule has 2 saturated heterocycles. The predicted octanol–water partition coefficient (Wildman–Crippen LogP) is 11.5. The molecule has 2 amide bonds. The largest absolute Gasteiger partial charge is 0.465 e. The summed E-state index contributed by atoms with van der Waals surface area (Å²) in [5.41, 5.74) is 8.25. The second kappa shape index (κ2) is 16.8. The number of piperazine rings is 2. The van der Waals surface area contributed by atoms with Gasteiger partial charge in [-0.25, -0.2) is 9.59 Å². The Labute approximate surface area is 386 Å². The van der Waals surface area contributed by atoms with Crippen LogP contribution in [0.3, 0.4) is 0 Å². The van der Waals surface area contributed by atoms with E-state index in [4.69, 9.17) is 42.7 Å². The van der Waals surface area contributed by atoms with Gasteiger partial charge in [-0.3, -0.25) is 9.80 Å². The number of rotatable bonds is 4. The van der Waals surface area contributed by atoms with Crippen molar-refractivity contribution in [2.75, 3.05) is 39.3 Å². The second-order valence-corrected chi connectivity index (χ2v) is 17.9. The molecule has 4 aliphatic rings. The smallest absolute Gasteiger partial charge is 0.407 e. The number of carbonyl (C=O) groups is 2. The van der Waals surface area contributed by atoms with Gasteiger partial charge < -0.3 is 29.5 Å². The number of fused-ring (bicyclic) bond motifs is 6. The fourth-order valence-electron chi connectivity index (χ4n) is 9.28. The van der Waals surface area contributed by atoms with E-state index < -0.39 is 29.7 Å². The van der Waals surface area contributed by atoms with E-state index in [2.05, 4.69) is 38.1 Å². The van der Waals surface area contributed by atoms with Gasteiger partial charge in [-0.2, -0.15) is 9.98 Å². The summed E-state index contributed by atoms with van der Waals surface area (Å²) in [5, 5.41) is 21.8. The Bertz CT molecular complexity index is 2710. The van der Waals surface area contributed by atoms with Crippen molar-refractivity contribution in [3.05, 3.63) is 166 Å². The van der Waals surface area contributed by atoms with Crippen molar-refractivity contribution in [3.63, 3.8) is 0 Å². The van der Waals surface area contributed by atoms with Gasteiger partial charge in [0.2, 0.25) is 0 Å². The molecule has 12 nitrogen and oxygen atoms in total. The minimum atomic E-state index is -0.997. The molecule has 0 aliphatic carbocycles. The lowest BCUT2D eigenvalue weighted by atomic mass is 9.77. The number of halogens is 2. The van der Waals surface area contributed by atoms with Crippen LogP contribution >= 0.6 is 23.2 Å². The van der Waals surface area contributed by atoms with Gasteiger partial charge in [-0.1, -0.05) is 134 Å². The van der Waals surface area contributed by atoms with Gasteiger partial charge in [0.05, 0.1) is 23.5 Å².